The second-order valence-corrected chi connectivity index (χ2v) is 7.59. The average molecular weight is 484 g/mol. The maximum absolute atomic E-state index is 12.1. The zero-order valence-corrected chi connectivity index (χ0v) is 18.5. The normalized spacial score (nSPS) is 10.3. The Morgan fingerprint density at radius 2 is 1.76 bits per heavy atom. The number of amides is 2. The van der Waals surface area contributed by atoms with E-state index in [0.717, 1.165) is 12.8 Å². The SMILES string of the molecule is CCCCCCOc1ccc(C(=O)NNC(=O)COc2ccc(Cl)cc2Br)cc1. The molecule has 0 aromatic heterocycles. The number of ether oxygens (including phenoxy) is 2. The lowest BCUT2D eigenvalue weighted by atomic mass is 10.2. The average Bonchev–Trinajstić information content (AvgIpc) is 2.71. The Morgan fingerprint density at radius 3 is 2.45 bits per heavy atom. The number of hydrogen-bond donors (Lipinski definition) is 2. The van der Waals surface area contributed by atoms with Crippen molar-refractivity contribution in [2.75, 3.05) is 13.2 Å². The summed E-state index contributed by atoms with van der Waals surface area (Å²) in [6.45, 7) is 2.56. The quantitative estimate of drug-likeness (QED) is 0.372. The van der Waals surface area contributed by atoms with E-state index < -0.39 is 11.8 Å². The molecule has 2 aromatic rings. The molecule has 0 aliphatic rings. The third-order valence-electron chi connectivity index (χ3n) is 3.95. The minimum absolute atomic E-state index is 0.259. The smallest absolute Gasteiger partial charge is 0.276 e. The van der Waals surface area contributed by atoms with E-state index in [0.29, 0.717) is 33.2 Å². The summed E-state index contributed by atoms with van der Waals surface area (Å²) >= 11 is 9.16. The molecule has 0 atom stereocenters. The molecule has 0 saturated heterocycles. The molecular formula is C21H24BrClN2O4. The molecule has 0 aliphatic heterocycles. The fourth-order valence-corrected chi connectivity index (χ4v) is 3.19. The lowest BCUT2D eigenvalue weighted by Gasteiger charge is -2.10. The minimum atomic E-state index is -0.493. The first kappa shape index (κ1) is 23.0. The standard InChI is InChI=1S/C21H24BrClN2O4/c1-2-3-4-5-12-28-17-9-6-15(7-10-17)21(27)25-24-20(26)14-29-19-11-8-16(23)13-18(19)22/h6-11,13H,2-5,12,14H2,1H3,(H,24,26)(H,25,27). The number of unbranched alkanes of at least 4 members (excludes halogenated alkanes) is 3. The van der Waals surface area contributed by atoms with Crippen LogP contribution in [0.1, 0.15) is 43.0 Å². The molecule has 0 radical (unpaired) electrons. The van der Waals surface area contributed by atoms with Gasteiger partial charge in [-0.3, -0.25) is 20.4 Å². The van der Waals surface area contributed by atoms with E-state index in [9.17, 15) is 9.59 Å². The number of nitrogens with one attached hydrogen (secondary N) is 2. The first-order valence-electron chi connectivity index (χ1n) is 9.39. The van der Waals surface area contributed by atoms with Crippen molar-refractivity contribution in [3.05, 3.63) is 57.5 Å². The largest absolute Gasteiger partial charge is 0.494 e. The van der Waals surface area contributed by atoms with Crippen molar-refractivity contribution in [3.63, 3.8) is 0 Å². The van der Waals surface area contributed by atoms with Crippen LogP contribution in [0.5, 0.6) is 11.5 Å². The summed E-state index contributed by atoms with van der Waals surface area (Å²) in [5, 5.41) is 0.550. The van der Waals surface area contributed by atoms with Gasteiger partial charge in [-0.2, -0.15) is 0 Å². The van der Waals surface area contributed by atoms with E-state index in [1.807, 2.05) is 0 Å². The van der Waals surface area contributed by atoms with E-state index in [1.54, 1.807) is 42.5 Å². The zero-order chi connectivity index (χ0) is 21.1. The summed E-state index contributed by atoms with van der Waals surface area (Å²) < 4.78 is 11.7. The van der Waals surface area contributed by atoms with Gasteiger partial charge in [0.2, 0.25) is 0 Å². The fraction of sp³-hybridized carbons (Fsp3) is 0.333. The van der Waals surface area contributed by atoms with E-state index in [2.05, 4.69) is 33.7 Å². The summed E-state index contributed by atoms with van der Waals surface area (Å²) in [4.78, 5) is 24.0. The van der Waals surface area contributed by atoms with Gasteiger partial charge in [0.15, 0.2) is 6.61 Å². The summed E-state index contributed by atoms with van der Waals surface area (Å²) in [5.41, 5.74) is 5.07. The molecule has 6 nitrogen and oxygen atoms in total. The van der Waals surface area contributed by atoms with Crippen LogP contribution in [-0.4, -0.2) is 25.0 Å². The van der Waals surface area contributed by atoms with Crippen LogP contribution >= 0.6 is 27.5 Å². The van der Waals surface area contributed by atoms with Gasteiger partial charge in [-0.25, -0.2) is 0 Å². The Morgan fingerprint density at radius 1 is 1.00 bits per heavy atom. The van der Waals surface area contributed by atoms with E-state index in [1.165, 1.54) is 12.8 Å². The number of carbonyl (C=O) groups excluding carboxylic acids is 2. The van der Waals surface area contributed by atoms with Gasteiger partial charge in [-0.15, -0.1) is 0 Å². The van der Waals surface area contributed by atoms with Crippen LogP contribution in [0.15, 0.2) is 46.9 Å². The molecule has 0 saturated carbocycles. The Kier molecular flexibility index (Phi) is 9.80. The summed E-state index contributed by atoms with van der Waals surface area (Å²) in [6, 6.07) is 11.7. The van der Waals surface area contributed by atoms with Gasteiger partial charge >= 0.3 is 0 Å². The van der Waals surface area contributed by atoms with Crippen LogP contribution < -0.4 is 20.3 Å². The molecule has 0 fully saturated rings. The molecule has 156 valence electrons. The Bertz CT molecular complexity index is 815. The highest BCUT2D eigenvalue weighted by Crippen LogP contribution is 2.27. The van der Waals surface area contributed by atoms with Gasteiger partial charge in [-0.05, 0) is 64.8 Å². The Hall–Kier alpha value is -2.25. The van der Waals surface area contributed by atoms with Gasteiger partial charge in [0.1, 0.15) is 11.5 Å². The number of hydrogen-bond acceptors (Lipinski definition) is 4. The highest BCUT2D eigenvalue weighted by Gasteiger charge is 2.09. The summed E-state index contributed by atoms with van der Waals surface area (Å²) in [6.07, 6.45) is 4.55. The van der Waals surface area contributed by atoms with Crippen LogP contribution in [0.4, 0.5) is 0 Å². The molecule has 0 aliphatic carbocycles. The lowest BCUT2D eigenvalue weighted by molar-refractivity contribution is -0.123. The van der Waals surface area contributed by atoms with Crippen molar-refractivity contribution in [3.8, 4) is 11.5 Å². The molecule has 0 spiro atoms. The molecule has 2 rings (SSSR count). The molecule has 8 heteroatoms. The second-order valence-electron chi connectivity index (χ2n) is 6.30. The maximum atomic E-state index is 12.1. The second kappa shape index (κ2) is 12.3. The predicted molar refractivity (Wildman–Crippen MR) is 116 cm³/mol. The van der Waals surface area contributed by atoms with Gasteiger partial charge in [0.25, 0.3) is 11.8 Å². The van der Waals surface area contributed by atoms with Crippen LogP contribution in [-0.2, 0) is 4.79 Å². The summed E-state index contributed by atoms with van der Waals surface area (Å²) in [5.74, 6) is 0.262. The summed E-state index contributed by atoms with van der Waals surface area (Å²) in [7, 11) is 0. The topological polar surface area (TPSA) is 76.7 Å². The van der Waals surface area contributed by atoms with Crippen LogP contribution in [0.25, 0.3) is 0 Å². The van der Waals surface area contributed by atoms with Crippen molar-refractivity contribution in [2.45, 2.75) is 32.6 Å². The van der Waals surface area contributed by atoms with E-state index >= 15 is 0 Å². The van der Waals surface area contributed by atoms with Crippen molar-refractivity contribution >= 4 is 39.3 Å². The maximum Gasteiger partial charge on any atom is 0.276 e. The fourth-order valence-electron chi connectivity index (χ4n) is 2.39. The molecular weight excluding hydrogens is 460 g/mol. The van der Waals surface area contributed by atoms with Crippen LogP contribution in [0.3, 0.4) is 0 Å². The van der Waals surface area contributed by atoms with Crippen LogP contribution in [0.2, 0.25) is 5.02 Å². The molecule has 0 unspecified atom stereocenters. The number of halogens is 2. The first-order chi connectivity index (χ1) is 14.0. The zero-order valence-electron chi connectivity index (χ0n) is 16.2. The minimum Gasteiger partial charge on any atom is -0.494 e. The molecule has 2 amide bonds. The van der Waals surface area contributed by atoms with E-state index in [-0.39, 0.29) is 6.61 Å². The van der Waals surface area contributed by atoms with Crippen molar-refractivity contribution in [1.29, 1.82) is 0 Å². The van der Waals surface area contributed by atoms with Gasteiger partial charge in [0, 0.05) is 10.6 Å². The number of hydrazine groups is 1. The highest BCUT2D eigenvalue weighted by atomic mass is 79.9. The molecule has 0 bridgehead atoms. The molecule has 0 heterocycles. The van der Waals surface area contributed by atoms with Gasteiger partial charge in [0.05, 0.1) is 11.1 Å². The lowest BCUT2D eigenvalue weighted by Crippen LogP contribution is -2.43. The molecule has 2 N–H and O–H groups in total. The molecule has 2 aromatic carbocycles. The van der Waals surface area contributed by atoms with Crippen molar-refractivity contribution in [2.24, 2.45) is 0 Å². The number of benzene rings is 2. The third kappa shape index (κ3) is 8.33. The van der Waals surface area contributed by atoms with Gasteiger partial charge < -0.3 is 9.47 Å². The van der Waals surface area contributed by atoms with Crippen LogP contribution in [0, 0.1) is 0 Å². The first-order valence-corrected chi connectivity index (χ1v) is 10.6. The van der Waals surface area contributed by atoms with Crippen molar-refractivity contribution in [1.82, 2.24) is 10.9 Å². The third-order valence-corrected chi connectivity index (χ3v) is 4.81. The highest BCUT2D eigenvalue weighted by molar-refractivity contribution is 9.10. The van der Waals surface area contributed by atoms with E-state index in [4.69, 9.17) is 21.1 Å². The monoisotopic (exact) mass is 482 g/mol. The number of carbonyl (C=O) groups is 2. The molecule has 29 heavy (non-hydrogen) atoms. The Labute approximate surface area is 184 Å². The van der Waals surface area contributed by atoms with Crippen molar-refractivity contribution < 1.29 is 19.1 Å². The predicted octanol–water partition coefficient (Wildman–Crippen LogP) is 4.90. The Balaban J connectivity index is 1.71. The van der Waals surface area contributed by atoms with Gasteiger partial charge in [-0.1, -0.05) is 37.8 Å². The number of rotatable bonds is 10.